The van der Waals surface area contributed by atoms with Gasteiger partial charge in [0.05, 0.1) is 37.4 Å². The first-order chi connectivity index (χ1) is 19.1. The number of anilines is 3. The standard InChI is InChI=1S/C26H36F3N5O5SSi/c1-18-4-5-21(25(37)34(18)33-8-6-26(28,29)7-9-33)30-24(36)23-20(27)16-19(31-40(38,39)13-12-35)17-22(23)32-10-14-41(2,3)15-11-32/h4-5,16-17,31,35H,6-15H2,1-3H3,(H,30,36). The van der Waals surface area contributed by atoms with Gasteiger partial charge in [0.25, 0.3) is 17.4 Å². The Hall–Kier alpha value is -3.04. The number of benzene rings is 1. The number of amides is 1. The summed E-state index contributed by atoms with van der Waals surface area (Å²) in [6, 6.07) is 6.98. The Labute approximate surface area is 238 Å². The van der Waals surface area contributed by atoms with E-state index in [1.807, 2.05) is 4.90 Å². The van der Waals surface area contributed by atoms with Crippen LogP contribution in [-0.4, -0.2) is 76.6 Å². The molecule has 2 aromatic rings. The van der Waals surface area contributed by atoms with Crippen molar-refractivity contribution < 1.29 is 31.5 Å². The van der Waals surface area contributed by atoms with Gasteiger partial charge in [0.1, 0.15) is 11.5 Å². The molecule has 0 saturated carbocycles. The Kier molecular flexibility index (Phi) is 8.80. The molecule has 2 fully saturated rings. The van der Waals surface area contributed by atoms with Crippen LogP contribution in [0.2, 0.25) is 25.2 Å². The van der Waals surface area contributed by atoms with Crippen molar-refractivity contribution in [3.63, 3.8) is 0 Å². The van der Waals surface area contributed by atoms with Gasteiger partial charge < -0.3 is 20.3 Å². The van der Waals surface area contributed by atoms with E-state index in [0.717, 1.165) is 18.2 Å². The maximum absolute atomic E-state index is 15.6. The lowest BCUT2D eigenvalue weighted by atomic mass is 10.1. The summed E-state index contributed by atoms with van der Waals surface area (Å²) in [5.41, 5.74) is -0.554. The zero-order valence-corrected chi connectivity index (χ0v) is 25.2. The van der Waals surface area contributed by atoms with Gasteiger partial charge in [-0.15, -0.1) is 0 Å². The van der Waals surface area contributed by atoms with Crippen LogP contribution in [0.5, 0.6) is 0 Å². The molecule has 0 spiro atoms. The van der Waals surface area contributed by atoms with Gasteiger partial charge >= 0.3 is 0 Å². The zero-order chi connectivity index (χ0) is 30.2. The molecular weight excluding hydrogens is 579 g/mol. The minimum atomic E-state index is -3.96. The summed E-state index contributed by atoms with van der Waals surface area (Å²) in [4.78, 5) is 28.7. The Morgan fingerprint density at radius 1 is 1.10 bits per heavy atom. The first kappa shape index (κ1) is 30.9. The van der Waals surface area contributed by atoms with Crippen LogP contribution < -0.4 is 25.5 Å². The second kappa shape index (κ2) is 11.7. The molecule has 3 heterocycles. The molecule has 4 rings (SSSR count). The molecule has 15 heteroatoms. The number of rotatable bonds is 8. The van der Waals surface area contributed by atoms with E-state index in [1.165, 1.54) is 21.8 Å². The smallest absolute Gasteiger partial charge is 0.292 e. The monoisotopic (exact) mass is 615 g/mol. The molecule has 10 nitrogen and oxygen atoms in total. The van der Waals surface area contributed by atoms with Crippen LogP contribution >= 0.6 is 0 Å². The molecule has 1 amide bonds. The van der Waals surface area contributed by atoms with Crippen molar-refractivity contribution >= 4 is 41.1 Å². The lowest BCUT2D eigenvalue weighted by molar-refractivity contribution is -0.0261. The maximum atomic E-state index is 15.6. The van der Waals surface area contributed by atoms with Crippen molar-refractivity contribution in [3.05, 3.63) is 51.7 Å². The number of hydrogen-bond acceptors (Lipinski definition) is 7. The van der Waals surface area contributed by atoms with Crippen molar-refractivity contribution in [1.29, 1.82) is 0 Å². The summed E-state index contributed by atoms with van der Waals surface area (Å²) in [7, 11) is -5.42. The van der Waals surface area contributed by atoms with E-state index in [9.17, 15) is 26.8 Å². The van der Waals surface area contributed by atoms with Crippen LogP contribution in [-0.2, 0) is 10.0 Å². The number of hydrogen-bond donors (Lipinski definition) is 3. The van der Waals surface area contributed by atoms with Crippen molar-refractivity contribution in [2.24, 2.45) is 0 Å². The minimum Gasteiger partial charge on any atom is -0.395 e. The fraction of sp³-hybridized carbons (Fsp3) is 0.538. The number of aryl methyl sites for hydroxylation is 1. The van der Waals surface area contributed by atoms with Crippen LogP contribution in [0.3, 0.4) is 0 Å². The van der Waals surface area contributed by atoms with E-state index in [1.54, 1.807) is 13.0 Å². The number of aliphatic hydroxyl groups is 1. The first-order valence-corrected chi connectivity index (χ1v) is 18.5. The van der Waals surface area contributed by atoms with Gasteiger partial charge in [-0.25, -0.2) is 26.3 Å². The number of aliphatic hydroxyl groups excluding tert-OH is 1. The lowest BCUT2D eigenvalue weighted by Crippen LogP contribution is -2.50. The lowest BCUT2D eigenvalue weighted by Gasteiger charge is -2.38. The molecule has 2 aliphatic rings. The Balaban J connectivity index is 1.69. The van der Waals surface area contributed by atoms with E-state index < -0.39 is 66.5 Å². The number of halogens is 3. The average molecular weight is 616 g/mol. The minimum absolute atomic E-state index is 0.0494. The zero-order valence-electron chi connectivity index (χ0n) is 23.3. The van der Waals surface area contributed by atoms with Crippen molar-refractivity contribution in [2.75, 3.05) is 58.5 Å². The van der Waals surface area contributed by atoms with Crippen LogP contribution in [0.15, 0.2) is 29.1 Å². The molecule has 0 unspecified atom stereocenters. The summed E-state index contributed by atoms with van der Waals surface area (Å²) in [5, 5.41) is 13.1. The van der Waals surface area contributed by atoms with Gasteiger partial charge in [-0.1, -0.05) is 13.1 Å². The number of carbonyl (C=O) groups excluding carboxylic acids is 1. The molecule has 41 heavy (non-hydrogen) atoms. The molecule has 226 valence electrons. The number of aromatic nitrogens is 1. The fourth-order valence-electron chi connectivity index (χ4n) is 5.10. The first-order valence-electron chi connectivity index (χ1n) is 13.5. The second-order valence-corrected chi connectivity index (χ2v) is 18.6. The van der Waals surface area contributed by atoms with E-state index >= 15 is 4.39 Å². The van der Waals surface area contributed by atoms with Gasteiger partial charge in [-0.2, -0.15) is 0 Å². The molecule has 0 bridgehead atoms. The summed E-state index contributed by atoms with van der Waals surface area (Å²) >= 11 is 0. The van der Waals surface area contributed by atoms with E-state index in [-0.39, 0.29) is 35.7 Å². The number of pyridine rings is 1. The number of sulfonamides is 1. The third-order valence-corrected chi connectivity index (χ3v) is 12.1. The van der Waals surface area contributed by atoms with Gasteiger partial charge in [0.2, 0.25) is 10.0 Å². The molecule has 3 N–H and O–H groups in total. The predicted molar refractivity (Wildman–Crippen MR) is 156 cm³/mol. The highest BCUT2D eigenvalue weighted by Crippen LogP contribution is 2.33. The number of alkyl halides is 2. The number of nitrogens with one attached hydrogen (secondary N) is 2. The van der Waals surface area contributed by atoms with Crippen LogP contribution in [0.25, 0.3) is 0 Å². The maximum Gasteiger partial charge on any atom is 0.292 e. The number of carbonyl (C=O) groups is 1. The van der Waals surface area contributed by atoms with Crippen LogP contribution in [0.1, 0.15) is 28.9 Å². The Bertz CT molecular complexity index is 1460. The topological polar surface area (TPSA) is 124 Å². The van der Waals surface area contributed by atoms with E-state index in [4.69, 9.17) is 5.11 Å². The molecule has 2 saturated heterocycles. The van der Waals surface area contributed by atoms with Crippen molar-refractivity contribution in [2.45, 2.75) is 50.9 Å². The highest BCUT2D eigenvalue weighted by atomic mass is 32.2. The average Bonchev–Trinajstić information content (AvgIpc) is 2.86. The molecule has 0 radical (unpaired) electrons. The third-order valence-electron chi connectivity index (χ3n) is 7.64. The predicted octanol–water partition coefficient (Wildman–Crippen LogP) is 3.18. The van der Waals surface area contributed by atoms with Crippen LogP contribution in [0, 0.1) is 12.7 Å². The number of nitrogens with zero attached hydrogens (tertiary/aromatic N) is 3. The van der Waals surface area contributed by atoms with E-state index in [2.05, 4.69) is 23.1 Å². The van der Waals surface area contributed by atoms with Gasteiger partial charge in [-0.3, -0.25) is 14.3 Å². The number of piperidine rings is 1. The Morgan fingerprint density at radius 3 is 2.34 bits per heavy atom. The SMILES string of the molecule is Cc1ccc(NC(=O)c2c(F)cc(NS(=O)(=O)CCO)cc2N2CC[Si](C)(C)CC2)c(=O)n1N1CCC(F)(F)CC1. The molecule has 2 aliphatic heterocycles. The summed E-state index contributed by atoms with van der Waals surface area (Å²) < 4.78 is 71.0. The highest BCUT2D eigenvalue weighted by Gasteiger charge is 2.35. The molecule has 0 aliphatic carbocycles. The van der Waals surface area contributed by atoms with Crippen LogP contribution in [0.4, 0.5) is 30.2 Å². The third kappa shape index (κ3) is 7.24. The summed E-state index contributed by atoms with van der Waals surface area (Å²) in [5.74, 6) is -5.28. The van der Waals surface area contributed by atoms with Crippen molar-refractivity contribution in [1.82, 2.24) is 4.68 Å². The molecular formula is C26H36F3N5O5SSi. The fourth-order valence-corrected chi connectivity index (χ4v) is 7.92. The Morgan fingerprint density at radius 2 is 1.73 bits per heavy atom. The van der Waals surface area contributed by atoms with Gasteiger partial charge in [-0.05, 0) is 43.3 Å². The van der Waals surface area contributed by atoms with E-state index in [0.29, 0.717) is 18.8 Å². The molecule has 0 atom stereocenters. The highest BCUT2D eigenvalue weighted by molar-refractivity contribution is 7.92. The summed E-state index contributed by atoms with van der Waals surface area (Å²) in [6.07, 6.45) is -0.818. The molecule has 1 aromatic carbocycles. The van der Waals surface area contributed by atoms with Gasteiger partial charge in [0.15, 0.2) is 0 Å². The molecule has 1 aromatic heterocycles. The largest absolute Gasteiger partial charge is 0.395 e. The quantitative estimate of drug-likeness (QED) is 0.390. The second-order valence-electron chi connectivity index (χ2n) is 11.4. The van der Waals surface area contributed by atoms with Crippen molar-refractivity contribution in [3.8, 4) is 0 Å². The normalized spacial score (nSPS) is 18.7. The van der Waals surface area contributed by atoms with Gasteiger partial charge in [0, 0.05) is 44.7 Å². The summed E-state index contributed by atoms with van der Waals surface area (Å²) in [6.45, 7) is 6.50.